The summed E-state index contributed by atoms with van der Waals surface area (Å²) in [7, 11) is 5.93. The molecular weight excluding hydrogens is 983 g/mol. The molecule has 0 fully saturated rings. The van der Waals surface area contributed by atoms with E-state index in [0.717, 1.165) is 141 Å². The Labute approximate surface area is 481 Å². The van der Waals surface area contributed by atoms with Crippen LogP contribution in [0.1, 0.15) is 181 Å². The Balaban J connectivity index is 4.30. The monoisotopic (exact) mass is 1090 g/mol. The molecule has 0 aromatic heterocycles. The number of carboxylic acids is 1. The molecule has 0 spiro atoms. The van der Waals surface area contributed by atoms with Gasteiger partial charge in [-0.15, -0.1) is 0 Å². The van der Waals surface area contributed by atoms with Crippen molar-refractivity contribution < 1.29 is 42.9 Å². The molecule has 1 N–H and O–H groups in total. The largest absolute Gasteiger partial charge is 0.477 e. The summed E-state index contributed by atoms with van der Waals surface area (Å²) in [5.74, 6) is -2.12. The van der Waals surface area contributed by atoms with Gasteiger partial charge in [-0.2, -0.15) is 0 Å². The minimum absolute atomic E-state index is 0.166. The number of allylic oxidation sites excluding steroid dienone is 30. The first-order valence-electron chi connectivity index (χ1n) is 29.9. The molecule has 2 unspecified atom stereocenters. The normalized spacial score (nSPS) is 14.1. The van der Waals surface area contributed by atoms with Crippen molar-refractivity contribution >= 4 is 17.9 Å². The smallest absolute Gasteiger partial charge is 0.361 e. The van der Waals surface area contributed by atoms with E-state index >= 15 is 0 Å². The van der Waals surface area contributed by atoms with Crippen LogP contribution < -0.4 is 0 Å². The number of unbranched alkanes of at least 4 members (excludes halogenated alkanes) is 7. The molecule has 9 heteroatoms. The Morgan fingerprint density at radius 1 is 0.380 bits per heavy atom. The molecule has 0 heterocycles. The highest BCUT2D eigenvalue weighted by atomic mass is 16.7. The molecule has 0 aliphatic heterocycles. The second kappa shape index (κ2) is 58.5. The molecule has 0 saturated carbocycles. The SMILES string of the molecule is CC/C=C\C/C=C\C/C=C\C/C=C\C/C=C\C/C=C\C/C=C\C/C=C\C/C=C\C/C=C\C/C=C\CCCCCCCC(=O)OC(COC(=O)CCCC/C=C\C/C=C\C/C=C\C/C=C\CC)COC(OCC[N+](C)(C)C)C(=O)O. The number of esters is 2. The van der Waals surface area contributed by atoms with Gasteiger partial charge in [0.15, 0.2) is 6.10 Å². The van der Waals surface area contributed by atoms with Gasteiger partial charge in [-0.25, -0.2) is 4.79 Å². The Bertz CT molecular complexity index is 1940. The van der Waals surface area contributed by atoms with Gasteiger partial charge in [-0.05, 0) is 135 Å². The Kier molecular flexibility index (Phi) is 54.4. The molecule has 440 valence electrons. The first kappa shape index (κ1) is 73.4. The maximum absolute atomic E-state index is 12.9. The minimum atomic E-state index is -1.54. The molecule has 0 amide bonds. The highest BCUT2D eigenvalue weighted by molar-refractivity contribution is 5.71. The number of hydrogen-bond donors (Lipinski definition) is 1. The van der Waals surface area contributed by atoms with Crippen LogP contribution in [0.25, 0.3) is 0 Å². The third-order valence-corrected chi connectivity index (χ3v) is 11.7. The average molecular weight is 1090 g/mol. The number of nitrogens with zero attached hydrogens (tertiary/aromatic N) is 1. The molecule has 0 aliphatic carbocycles. The third kappa shape index (κ3) is 59.9. The molecule has 0 rings (SSSR count). The zero-order valence-electron chi connectivity index (χ0n) is 49.9. The number of hydrogen-bond acceptors (Lipinski definition) is 7. The van der Waals surface area contributed by atoms with Crippen molar-refractivity contribution in [1.82, 2.24) is 0 Å². The van der Waals surface area contributed by atoms with E-state index in [2.05, 4.69) is 196 Å². The van der Waals surface area contributed by atoms with E-state index in [1.807, 2.05) is 21.1 Å². The minimum Gasteiger partial charge on any atom is -0.477 e. The van der Waals surface area contributed by atoms with Crippen LogP contribution in [0.5, 0.6) is 0 Å². The summed E-state index contributed by atoms with van der Waals surface area (Å²) in [5.41, 5.74) is 0. The van der Waals surface area contributed by atoms with E-state index in [1.54, 1.807) is 0 Å². The Morgan fingerprint density at radius 2 is 0.684 bits per heavy atom. The fourth-order valence-electron chi connectivity index (χ4n) is 7.12. The fraction of sp³-hybridized carbons (Fsp3) is 0.529. The fourth-order valence-corrected chi connectivity index (χ4v) is 7.12. The lowest BCUT2D eigenvalue weighted by Crippen LogP contribution is -2.40. The molecular formula is C70H108NO8+. The third-order valence-electron chi connectivity index (χ3n) is 11.7. The van der Waals surface area contributed by atoms with Crippen LogP contribution in [0.4, 0.5) is 0 Å². The van der Waals surface area contributed by atoms with E-state index in [0.29, 0.717) is 23.9 Å². The van der Waals surface area contributed by atoms with E-state index in [4.69, 9.17) is 18.9 Å². The van der Waals surface area contributed by atoms with Gasteiger partial charge in [0.2, 0.25) is 0 Å². The Hall–Kier alpha value is -5.61. The van der Waals surface area contributed by atoms with Crippen LogP contribution in [0.15, 0.2) is 182 Å². The van der Waals surface area contributed by atoms with Gasteiger partial charge in [0.25, 0.3) is 6.29 Å². The number of ether oxygens (including phenoxy) is 4. The summed E-state index contributed by atoms with van der Waals surface area (Å²) < 4.78 is 22.8. The van der Waals surface area contributed by atoms with Gasteiger partial charge in [0.1, 0.15) is 13.2 Å². The van der Waals surface area contributed by atoms with E-state index < -0.39 is 30.3 Å². The van der Waals surface area contributed by atoms with Gasteiger partial charge in [0, 0.05) is 12.8 Å². The summed E-state index contributed by atoms with van der Waals surface area (Å²) >= 11 is 0. The van der Waals surface area contributed by atoms with Crippen molar-refractivity contribution in [1.29, 1.82) is 0 Å². The zero-order chi connectivity index (χ0) is 57.6. The summed E-state index contributed by atoms with van der Waals surface area (Å²) in [5, 5.41) is 9.69. The Morgan fingerprint density at radius 3 is 1.04 bits per heavy atom. The molecule has 0 bridgehead atoms. The number of carbonyl (C=O) groups excluding carboxylic acids is 2. The van der Waals surface area contributed by atoms with E-state index in [-0.39, 0.29) is 32.7 Å². The van der Waals surface area contributed by atoms with Gasteiger partial charge < -0.3 is 28.5 Å². The number of quaternary nitrogens is 1. The van der Waals surface area contributed by atoms with Crippen molar-refractivity contribution in [3.63, 3.8) is 0 Å². The summed E-state index contributed by atoms with van der Waals surface area (Å²) in [6, 6.07) is 0. The second-order valence-corrected chi connectivity index (χ2v) is 20.2. The molecule has 9 nitrogen and oxygen atoms in total. The standard InChI is InChI=1S/C70H107NO8/c1-6-8-10-12-14-16-18-20-22-23-24-25-26-27-28-29-30-31-32-33-34-35-36-37-38-39-40-41-42-43-44-45-47-49-51-53-55-57-59-61-68(73)79-66(65-78-70(69(74)75)76-63-62-71(3,4)5)64-77-67(72)60-58-56-54-52-50-48-46-21-19-17-15-13-11-9-7-2/h8-11,14-17,20-22,24-25,27-28,30-31,33-34,36-37,39-40,42-43,45-47,50,52,66,70H,6-7,12-13,18-19,23,26,29,32,35,38,41,44,48-49,51,53-65H2,1-5H3/p+1/b10-8-,11-9-,16-14-,17-15-,22-20-,25-24-,28-27-,31-30-,34-33-,37-36-,40-39-,43-42-,46-21-,47-45-,52-50-. The number of rotatable bonds is 52. The molecule has 0 saturated heterocycles. The zero-order valence-corrected chi connectivity index (χ0v) is 49.9. The van der Waals surface area contributed by atoms with Crippen molar-refractivity contribution in [2.75, 3.05) is 47.5 Å². The predicted octanol–water partition coefficient (Wildman–Crippen LogP) is 18.1. The lowest BCUT2D eigenvalue weighted by atomic mass is 10.1. The molecule has 0 radical (unpaired) electrons. The molecule has 0 aliphatic rings. The van der Waals surface area contributed by atoms with Crippen LogP contribution in [-0.2, 0) is 33.3 Å². The second-order valence-electron chi connectivity index (χ2n) is 20.2. The van der Waals surface area contributed by atoms with Gasteiger partial charge in [-0.3, -0.25) is 9.59 Å². The summed E-state index contributed by atoms with van der Waals surface area (Å²) in [6.45, 7) is 4.53. The topological polar surface area (TPSA) is 108 Å². The quantitative estimate of drug-likeness (QED) is 0.0211. The van der Waals surface area contributed by atoms with Gasteiger partial charge >= 0.3 is 17.9 Å². The first-order valence-corrected chi connectivity index (χ1v) is 29.9. The average Bonchev–Trinajstić information content (AvgIpc) is 3.42. The summed E-state index contributed by atoms with van der Waals surface area (Å²) in [4.78, 5) is 37.4. The number of carbonyl (C=O) groups is 3. The van der Waals surface area contributed by atoms with Crippen LogP contribution in [0, 0.1) is 0 Å². The number of likely N-dealkylation sites (N-methyl/N-ethyl adjacent to an activating group) is 1. The number of carboxylic acid groups (broad SMARTS) is 1. The van der Waals surface area contributed by atoms with E-state index in [1.165, 1.54) is 0 Å². The maximum atomic E-state index is 12.9. The molecule has 2 atom stereocenters. The van der Waals surface area contributed by atoms with Crippen LogP contribution >= 0.6 is 0 Å². The molecule has 0 aromatic rings. The van der Waals surface area contributed by atoms with Crippen molar-refractivity contribution in [2.45, 2.75) is 193 Å². The molecule has 0 aromatic carbocycles. The van der Waals surface area contributed by atoms with Gasteiger partial charge in [-0.1, -0.05) is 215 Å². The first-order chi connectivity index (χ1) is 38.6. The lowest BCUT2D eigenvalue weighted by Gasteiger charge is -2.25. The van der Waals surface area contributed by atoms with Crippen LogP contribution in [0.2, 0.25) is 0 Å². The van der Waals surface area contributed by atoms with Crippen LogP contribution in [0.3, 0.4) is 0 Å². The van der Waals surface area contributed by atoms with Crippen molar-refractivity contribution in [3.8, 4) is 0 Å². The predicted molar refractivity (Wildman–Crippen MR) is 336 cm³/mol. The van der Waals surface area contributed by atoms with Crippen molar-refractivity contribution in [2.24, 2.45) is 0 Å². The highest BCUT2D eigenvalue weighted by Crippen LogP contribution is 2.12. The highest BCUT2D eigenvalue weighted by Gasteiger charge is 2.25. The lowest BCUT2D eigenvalue weighted by molar-refractivity contribution is -0.870. The van der Waals surface area contributed by atoms with Crippen LogP contribution in [-0.4, -0.2) is 87.4 Å². The van der Waals surface area contributed by atoms with Gasteiger partial charge in [0.05, 0.1) is 34.4 Å². The maximum Gasteiger partial charge on any atom is 0.361 e. The van der Waals surface area contributed by atoms with Crippen molar-refractivity contribution in [3.05, 3.63) is 182 Å². The van der Waals surface area contributed by atoms with E-state index in [9.17, 15) is 19.5 Å². The summed E-state index contributed by atoms with van der Waals surface area (Å²) in [6.07, 6.45) is 87.0. The number of aliphatic carboxylic acids is 1. The molecule has 79 heavy (non-hydrogen) atoms.